The predicted molar refractivity (Wildman–Crippen MR) is 106 cm³/mol. The Bertz CT molecular complexity index is 1100. The maximum absolute atomic E-state index is 12.5. The minimum Gasteiger partial charge on any atom is -0.344 e. The van der Waals surface area contributed by atoms with Crippen LogP contribution in [0.5, 0.6) is 0 Å². The summed E-state index contributed by atoms with van der Waals surface area (Å²) in [5.74, 6) is 1.47. The molecule has 0 spiro atoms. The molecule has 1 unspecified atom stereocenters. The van der Waals surface area contributed by atoms with Crippen molar-refractivity contribution in [3.05, 3.63) is 78.3 Å². The van der Waals surface area contributed by atoms with E-state index in [2.05, 4.69) is 25.4 Å². The molecule has 1 amide bonds. The van der Waals surface area contributed by atoms with Gasteiger partial charge in [0.2, 0.25) is 0 Å². The highest BCUT2D eigenvalue weighted by atomic mass is 16.5. The molecule has 0 saturated heterocycles. The maximum Gasteiger partial charge on any atom is 0.271 e. The lowest BCUT2D eigenvalue weighted by molar-refractivity contribution is 0.0935. The van der Waals surface area contributed by atoms with Gasteiger partial charge < -0.3 is 9.84 Å². The number of aryl methyl sites for hydroxylation is 1. The molecule has 0 saturated carbocycles. The van der Waals surface area contributed by atoms with E-state index in [1.807, 2.05) is 50.2 Å². The van der Waals surface area contributed by atoms with Crippen LogP contribution in [0.3, 0.4) is 0 Å². The molecular weight excluding hydrogens is 368 g/mol. The third kappa shape index (κ3) is 4.06. The van der Waals surface area contributed by atoms with Crippen LogP contribution in [0, 0.1) is 0 Å². The molecule has 29 heavy (non-hydrogen) atoms. The zero-order valence-corrected chi connectivity index (χ0v) is 16.1. The third-order valence-electron chi connectivity index (χ3n) is 4.51. The Morgan fingerprint density at radius 1 is 1.17 bits per heavy atom. The van der Waals surface area contributed by atoms with Crippen LogP contribution < -0.4 is 5.32 Å². The molecule has 146 valence electrons. The van der Waals surface area contributed by atoms with Gasteiger partial charge in [-0.3, -0.25) is 9.36 Å². The molecule has 0 radical (unpaired) electrons. The summed E-state index contributed by atoms with van der Waals surface area (Å²) < 4.78 is 6.91. The van der Waals surface area contributed by atoms with Gasteiger partial charge in [0.1, 0.15) is 17.8 Å². The summed E-state index contributed by atoms with van der Waals surface area (Å²) >= 11 is 0. The molecule has 1 aromatic carbocycles. The quantitative estimate of drug-likeness (QED) is 0.544. The van der Waals surface area contributed by atoms with Crippen molar-refractivity contribution in [3.8, 4) is 17.3 Å². The van der Waals surface area contributed by atoms with Crippen LogP contribution >= 0.6 is 0 Å². The van der Waals surface area contributed by atoms with Crippen molar-refractivity contribution >= 4 is 5.91 Å². The van der Waals surface area contributed by atoms with Gasteiger partial charge in [0.25, 0.3) is 11.8 Å². The number of hydrogen-bond acceptors (Lipinski definition) is 6. The molecule has 4 aromatic rings. The van der Waals surface area contributed by atoms with Crippen molar-refractivity contribution in [2.45, 2.75) is 26.3 Å². The molecule has 3 heterocycles. The summed E-state index contributed by atoms with van der Waals surface area (Å²) in [4.78, 5) is 25.4. The molecule has 0 fully saturated rings. The monoisotopic (exact) mass is 388 g/mol. The average Bonchev–Trinajstić information content (AvgIpc) is 3.44. The van der Waals surface area contributed by atoms with E-state index >= 15 is 0 Å². The molecule has 0 bridgehead atoms. The van der Waals surface area contributed by atoms with Gasteiger partial charge in [-0.15, -0.1) is 0 Å². The molecule has 8 nitrogen and oxygen atoms in total. The van der Waals surface area contributed by atoms with Gasteiger partial charge in [-0.2, -0.15) is 4.98 Å². The fourth-order valence-electron chi connectivity index (χ4n) is 2.84. The van der Waals surface area contributed by atoms with Crippen molar-refractivity contribution in [2.24, 2.45) is 0 Å². The molecular formula is C21H20N6O2. The molecule has 0 aliphatic rings. The van der Waals surface area contributed by atoms with Crippen LogP contribution in [0.4, 0.5) is 0 Å². The molecule has 0 aliphatic carbocycles. The van der Waals surface area contributed by atoms with Gasteiger partial charge in [-0.1, -0.05) is 42.4 Å². The summed E-state index contributed by atoms with van der Waals surface area (Å²) in [5.41, 5.74) is 2.09. The standard InChI is InChI=1S/C21H20N6O2/c1-3-18-25-21(29-26-18)16-9-10-19(22-11-16)27-12-17(23-13-27)20(28)24-14(2)15-7-5-4-6-8-15/h4-14H,3H2,1-2H3,(H,24,28). The van der Waals surface area contributed by atoms with E-state index in [9.17, 15) is 4.79 Å². The number of rotatable bonds is 6. The van der Waals surface area contributed by atoms with E-state index in [0.717, 1.165) is 11.1 Å². The molecule has 3 aromatic heterocycles. The van der Waals surface area contributed by atoms with Gasteiger partial charge in [0, 0.05) is 18.8 Å². The predicted octanol–water partition coefficient (Wildman–Crippen LogP) is 3.37. The number of benzene rings is 1. The molecule has 0 aliphatic heterocycles. The first-order valence-corrected chi connectivity index (χ1v) is 9.33. The lowest BCUT2D eigenvalue weighted by atomic mass is 10.1. The van der Waals surface area contributed by atoms with E-state index in [1.54, 1.807) is 29.4 Å². The van der Waals surface area contributed by atoms with Crippen LogP contribution in [-0.2, 0) is 6.42 Å². The normalized spacial score (nSPS) is 11.9. The number of imidazole rings is 1. The Morgan fingerprint density at radius 3 is 2.69 bits per heavy atom. The van der Waals surface area contributed by atoms with Gasteiger partial charge in [-0.05, 0) is 24.6 Å². The van der Waals surface area contributed by atoms with Crippen LogP contribution in [0.25, 0.3) is 17.3 Å². The Kier molecular flexibility index (Phi) is 5.15. The molecule has 1 N–H and O–H groups in total. The number of amides is 1. The number of carbonyl (C=O) groups excluding carboxylic acids is 1. The lowest BCUT2D eigenvalue weighted by Crippen LogP contribution is -2.26. The highest BCUT2D eigenvalue weighted by molar-refractivity contribution is 5.92. The number of carbonyl (C=O) groups is 1. The van der Waals surface area contributed by atoms with Crippen molar-refractivity contribution < 1.29 is 9.32 Å². The van der Waals surface area contributed by atoms with Crippen LogP contribution in [0.1, 0.15) is 41.8 Å². The minimum atomic E-state index is -0.241. The summed E-state index contributed by atoms with van der Waals surface area (Å²) in [6, 6.07) is 13.3. The number of aromatic nitrogens is 5. The van der Waals surface area contributed by atoms with Crippen LogP contribution in [0.2, 0.25) is 0 Å². The first-order valence-electron chi connectivity index (χ1n) is 9.33. The van der Waals surface area contributed by atoms with E-state index in [4.69, 9.17) is 4.52 Å². The summed E-state index contributed by atoms with van der Waals surface area (Å²) in [6.07, 6.45) is 5.57. The molecule has 4 rings (SSSR count). The van der Waals surface area contributed by atoms with Crippen molar-refractivity contribution in [2.75, 3.05) is 0 Å². The Hall–Kier alpha value is -3.81. The van der Waals surface area contributed by atoms with Crippen molar-refractivity contribution in [1.82, 2.24) is 30.0 Å². The van der Waals surface area contributed by atoms with E-state index in [-0.39, 0.29) is 11.9 Å². The Labute approximate surface area is 167 Å². The van der Waals surface area contributed by atoms with Gasteiger partial charge in [0.05, 0.1) is 11.6 Å². The second-order valence-electron chi connectivity index (χ2n) is 6.55. The molecule has 8 heteroatoms. The summed E-state index contributed by atoms with van der Waals surface area (Å²) in [7, 11) is 0. The number of pyridine rings is 1. The van der Waals surface area contributed by atoms with E-state index in [0.29, 0.717) is 29.6 Å². The second-order valence-corrected chi connectivity index (χ2v) is 6.55. The number of nitrogens with zero attached hydrogens (tertiary/aromatic N) is 5. The fraction of sp³-hybridized carbons (Fsp3) is 0.190. The smallest absolute Gasteiger partial charge is 0.271 e. The SMILES string of the molecule is CCc1noc(-c2ccc(-n3cnc(C(=O)NC(C)c4ccccc4)c3)nc2)n1. The highest BCUT2D eigenvalue weighted by Gasteiger charge is 2.15. The minimum absolute atomic E-state index is 0.117. The maximum atomic E-state index is 12.5. The topological polar surface area (TPSA) is 98.7 Å². The van der Waals surface area contributed by atoms with E-state index < -0.39 is 0 Å². The Morgan fingerprint density at radius 2 is 2.00 bits per heavy atom. The Balaban J connectivity index is 1.46. The highest BCUT2D eigenvalue weighted by Crippen LogP contribution is 2.18. The van der Waals surface area contributed by atoms with Crippen molar-refractivity contribution in [3.63, 3.8) is 0 Å². The fourth-order valence-corrected chi connectivity index (χ4v) is 2.84. The summed E-state index contributed by atoms with van der Waals surface area (Å²) in [6.45, 7) is 3.90. The average molecular weight is 388 g/mol. The summed E-state index contributed by atoms with van der Waals surface area (Å²) in [5, 5.41) is 6.84. The number of nitrogens with one attached hydrogen (secondary N) is 1. The van der Waals surface area contributed by atoms with Crippen LogP contribution in [-0.4, -0.2) is 30.6 Å². The van der Waals surface area contributed by atoms with Gasteiger partial charge in [0.15, 0.2) is 5.82 Å². The van der Waals surface area contributed by atoms with Crippen molar-refractivity contribution in [1.29, 1.82) is 0 Å². The van der Waals surface area contributed by atoms with E-state index in [1.165, 1.54) is 0 Å². The zero-order chi connectivity index (χ0) is 20.2. The first-order chi connectivity index (χ1) is 14.1. The largest absolute Gasteiger partial charge is 0.344 e. The van der Waals surface area contributed by atoms with Gasteiger partial charge in [-0.25, -0.2) is 9.97 Å². The second kappa shape index (κ2) is 8.05. The zero-order valence-electron chi connectivity index (χ0n) is 16.1. The first kappa shape index (κ1) is 18.5. The molecule has 1 atom stereocenters. The van der Waals surface area contributed by atoms with Gasteiger partial charge >= 0.3 is 0 Å². The van der Waals surface area contributed by atoms with Crippen LogP contribution in [0.15, 0.2) is 65.7 Å². The third-order valence-corrected chi connectivity index (χ3v) is 4.51. The number of hydrogen-bond donors (Lipinski definition) is 1. The lowest BCUT2D eigenvalue weighted by Gasteiger charge is -2.13.